The number of hydrogen-bond donors (Lipinski definition) is 0. The second-order valence-corrected chi connectivity index (χ2v) is 7.59. The lowest BCUT2D eigenvalue weighted by atomic mass is 9.98. The van der Waals surface area contributed by atoms with Crippen LogP contribution in [0.25, 0.3) is 10.9 Å². The highest BCUT2D eigenvalue weighted by Gasteiger charge is 2.40. The van der Waals surface area contributed by atoms with Crippen LogP contribution in [0.5, 0.6) is 5.75 Å². The number of aromatic nitrogens is 3. The molecule has 4 heterocycles. The number of aryl methyl sites for hydroxylation is 2. The lowest BCUT2D eigenvalue weighted by Gasteiger charge is -2.35. The van der Waals surface area contributed by atoms with Gasteiger partial charge in [0.2, 0.25) is 0 Å². The zero-order valence-corrected chi connectivity index (χ0v) is 15.6. The third kappa shape index (κ3) is 2.34. The molecule has 0 N–H and O–H groups in total. The maximum Gasteiger partial charge on any atom is 0.125 e. The summed E-state index contributed by atoms with van der Waals surface area (Å²) in [6, 6.07) is 7.42. The van der Waals surface area contributed by atoms with E-state index < -0.39 is 0 Å². The van der Waals surface area contributed by atoms with Crippen LogP contribution in [0.1, 0.15) is 41.5 Å². The van der Waals surface area contributed by atoms with Crippen molar-refractivity contribution in [3.63, 3.8) is 0 Å². The Kier molecular flexibility index (Phi) is 3.54. The molecule has 2 bridgehead atoms. The van der Waals surface area contributed by atoms with Crippen molar-refractivity contribution in [2.75, 3.05) is 7.11 Å². The van der Waals surface area contributed by atoms with E-state index in [1.165, 1.54) is 40.6 Å². The Balaban J connectivity index is 1.51. The van der Waals surface area contributed by atoms with Gasteiger partial charge in [-0.1, -0.05) is 0 Å². The maximum absolute atomic E-state index is 5.39. The van der Waals surface area contributed by atoms with Gasteiger partial charge in [0.25, 0.3) is 0 Å². The molecule has 5 heteroatoms. The summed E-state index contributed by atoms with van der Waals surface area (Å²) in [5.41, 5.74) is 5.22. The van der Waals surface area contributed by atoms with E-state index in [2.05, 4.69) is 52.1 Å². The average molecular weight is 348 g/mol. The van der Waals surface area contributed by atoms with Crippen LogP contribution >= 0.6 is 0 Å². The molecule has 2 aliphatic rings. The Morgan fingerprint density at radius 3 is 3.00 bits per heavy atom. The minimum absolute atomic E-state index is 0.456. The summed E-state index contributed by atoms with van der Waals surface area (Å²) in [6.07, 6.45) is 7.84. The molecule has 0 aliphatic carbocycles. The molecule has 5 nitrogen and oxygen atoms in total. The Morgan fingerprint density at radius 1 is 1.27 bits per heavy atom. The topological polar surface area (TPSA) is 43.2 Å². The summed E-state index contributed by atoms with van der Waals surface area (Å²) in [4.78, 5) is 11.8. The molecule has 0 saturated carbocycles. The molecule has 1 aromatic carbocycles. The minimum Gasteiger partial charge on any atom is -0.497 e. The second-order valence-electron chi connectivity index (χ2n) is 7.59. The zero-order valence-electron chi connectivity index (χ0n) is 15.6. The van der Waals surface area contributed by atoms with Crippen molar-refractivity contribution < 1.29 is 4.74 Å². The van der Waals surface area contributed by atoms with Crippen molar-refractivity contribution in [2.24, 2.45) is 7.05 Å². The van der Waals surface area contributed by atoms with Gasteiger partial charge in [-0.25, -0.2) is 9.97 Å². The van der Waals surface area contributed by atoms with Crippen LogP contribution in [-0.4, -0.2) is 32.6 Å². The molecule has 0 amide bonds. The lowest BCUT2D eigenvalue weighted by Crippen LogP contribution is -2.37. The van der Waals surface area contributed by atoms with E-state index in [-0.39, 0.29) is 0 Å². The Bertz CT molecular complexity index is 993. The molecular weight excluding hydrogens is 324 g/mol. The van der Waals surface area contributed by atoms with Crippen LogP contribution in [-0.2, 0) is 20.0 Å². The quantitative estimate of drug-likeness (QED) is 0.726. The van der Waals surface area contributed by atoms with E-state index >= 15 is 0 Å². The summed E-state index contributed by atoms with van der Waals surface area (Å²) < 4.78 is 7.60. The summed E-state index contributed by atoms with van der Waals surface area (Å²) in [5, 5.41) is 1.32. The van der Waals surface area contributed by atoms with E-state index in [0.717, 1.165) is 24.5 Å². The normalized spacial score (nSPS) is 22.0. The van der Waals surface area contributed by atoms with Gasteiger partial charge in [0.15, 0.2) is 0 Å². The standard InChI is InChI=1S/C21H24N4O/c1-13-22-10-18-19(23-13)8-15-4-7-20(18)25(15)12-14-11-24(2)21-9-16(26-3)5-6-17(14)21/h5-6,9-11,15,20H,4,7-8,12H2,1-3H3/t15-,20+/m1/s1. The van der Waals surface area contributed by atoms with Crippen molar-refractivity contribution in [3.8, 4) is 5.75 Å². The number of benzene rings is 1. The maximum atomic E-state index is 5.39. The fourth-order valence-electron chi connectivity index (χ4n) is 4.82. The molecule has 1 fully saturated rings. The molecule has 0 spiro atoms. The number of hydrogen-bond acceptors (Lipinski definition) is 4. The van der Waals surface area contributed by atoms with Crippen LogP contribution in [0.3, 0.4) is 0 Å². The van der Waals surface area contributed by atoms with Crippen molar-refractivity contribution in [2.45, 2.75) is 44.8 Å². The van der Waals surface area contributed by atoms with Gasteiger partial charge in [-0.05, 0) is 37.5 Å². The van der Waals surface area contributed by atoms with E-state index in [4.69, 9.17) is 9.72 Å². The van der Waals surface area contributed by atoms with Crippen LogP contribution in [0.2, 0.25) is 0 Å². The summed E-state index contributed by atoms with van der Waals surface area (Å²) >= 11 is 0. The zero-order chi connectivity index (χ0) is 17.8. The Hall–Kier alpha value is -2.40. The summed E-state index contributed by atoms with van der Waals surface area (Å²) in [6.45, 7) is 2.96. The highest BCUT2D eigenvalue weighted by molar-refractivity contribution is 5.85. The fourth-order valence-corrected chi connectivity index (χ4v) is 4.82. The smallest absolute Gasteiger partial charge is 0.125 e. The Labute approximate surface area is 153 Å². The number of nitrogens with zero attached hydrogens (tertiary/aromatic N) is 4. The molecule has 26 heavy (non-hydrogen) atoms. The van der Waals surface area contributed by atoms with Crippen LogP contribution in [0.4, 0.5) is 0 Å². The van der Waals surface area contributed by atoms with Crippen molar-refractivity contribution >= 4 is 10.9 Å². The molecule has 2 aliphatic heterocycles. The highest BCUT2D eigenvalue weighted by Crippen LogP contribution is 2.44. The van der Waals surface area contributed by atoms with Gasteiger partial charge in [0, 0.05) is 61.5 Å². The van der Waals surface area contributed by atoms with Crippen LogP contribution in [0, 0.1) is 6.92 Å². The number of ether oxygens (including phenoxy) is 1. The average Bonchev–Trinajstić information content (AvgIpc) is 3.10. The van der Waals surface area contributed by atoms with Crippen molar-refractivity contribution in [3.05, 3.63) is 53.2 Å². The first-order chi connectivity index (χ1) is 12.6. The highest BCUT2D eigenvalue weighted by atomic mass is 16.5. The number of fused-ring (bicyclic) bond motifs is 5. The lowest BCUT2D eigenvalue weighted by molar-refractivity contribution is 0.166. The largest absolute Gasteiger partial charge is 0.497 e. The molecule has 0 unspecified atom stereocenters. The predicted octanol–water partition coefficient (Wildman–Crippen LogP) is 3.55. The Morgan fingerprint density at radius 2 is 2.15 bits per heavy atom. The van der Waals surface area contributed by atoms with Gasteiger partial charge in [-0.2, -0.15) is 0 Å². The van der Waals surface area contributed by atoms with Gasteiger partial charge >= 0.3 is 0 Å². The third-order valence-electron chi connectivity index (χ3n) is 6.08. The van der Waals surface area contributed by atoms with Gasteiger partial charge in [0.05, 0.1) is 18.3 Å². The number of methoxy groups -OCH3 is 1. The fraction of sp³-hybridized carbons (Fsp3) is 0.429. The second kappa shape index (κ2) is 5.81. The monoisotopic (exact) mass is 348 g/mol. The van der Waals surface area contributed by atoms with Crippen molar-refractivity contribution in [1.29, 1.82) is 0 Å². The first-order valence-corrected chi connectivity index (χ1v) is 9.34. The minimum atomic E-state index is 0.456. The summed E-state index contributed by atoms with van der Waals surface area (Å²) in [7, 11) is 3.83. The van der Waals surface area contributed by atoms with Crippen LogP contribution in [0.15, 0.2) is 30.6 Å². The molecule has 2 aromatic heterocycles. The molecular formula is C21H24N4O. The SMILES string of the molecule is COc1ccc2c(CN3[C@@H]4CC[C@H]3c3cnc(C)nc3C4)cn(C)c2c1. The van der Waals surface area contributed by atoms with E-state index in [1.54, 1.807) is 7.11 Å². The van der Waals surface area contributed by atoms with Gasteiger partial charge in [-0.3, -0.25) is 4.90 Å². The third-order valence-corrected chi connectivity index (χ3v) is 6.08. The van der Waals surface area contributed by atoms with Crippen molar-refractivity contribution in [1.82, 2.24) is 19.4 Å². The molecule has 0 radical (unpaired) electrons. The molecule has 5 rings (SSSR count). The molecule has 2 atom stereocenters. The van der Waals surface area contributed by atoms with Gasteiger partial charge in [-0.15, -0.1) is 0 Å². The van der Waals surface area contributed by atoms with Crippen LogP contribution < -0.4 is 4.74 Å². The predicted molar refractivity (Wildman–Crippen MR) is 101 cm³/mol. The first-order valence-electron chi connectivity index (χ1n) is 9.34. The van der Waals surface area contributed by atoms with E-state index in [1.807, 2.05) is 6.92 Å². The van der Waals surface area contributed by atoms with E-state index in [9.17, 15) is 0 Å². The van der Waals surface area contributed by atoms with Gasteiger partial charge in [0.1, 0.15) is 11.6 Å². The molecule has 3 aromatic rings. The van der Waals surface area contributed by atoms with E-state index in [0.29, 0.717) is 12.1 Å². The molecule has 134 valence electrons. The molecule has 1 saturated heterocycles. The van der Waals surface area contributed by atoms with Gasteiger partial charge < -0.3 is 9.30 Å². The first kappa shape index (κ1) is 15.8. The number of rotatable bonds is 3. The summed E-state index contributed by atoms with van der Waals surface area (Å²) in [5.74, 6) is 1.80.